The molecule has 12 heteroatoms. The van der Waals surface area contributed by atoms with Crippen LogP contribution in [0.15, 0.2) is 48.6 Å². The highest BCUT2D eigenvalue weighted by Gasteiger charge is 2.44. The summed E-state index contributed by atoms with van der Waals surface area (Å²) < 4.78 is 22.1. The second-order valence-electron chi connectivity index (χ2n) is 15.0. The quantitative estimate of drug-likeness (QED) is 0.0474. The Kier molecular flexibility index (Phi) is 21.9. The van der Waals surface area contributed by atoms with E-state index in [9.17, 15) is 39.6 Å². The first-order valence-electron chi connectivity index (χ1n) is 20.6. The second-order valence-corrected chi connectivity index (χ2v) is 15.0. The molecule has 0 amide bonds. The molecule has 1 heterocycles. The first-order chi connectivity index (χ1) is 26.6. The van der Waals surface area contributed by atoms with Gasteiger partial charge < -0.3 is 39.4 Å². The number of aliphatic hydroxyl groups is 4. The SMILES string of the molecule is CCC=CCC1C(=O)C=CC1CCCCCCCC(=O)OCC(COC1OC(CO)C(O)C(O)C1O)OC(=O)CCCCCC1C=CC(=O)C1CC=CCC. The van der Waals surface area contributed by atoms with E-state index in [-0.39, 0.29) is 61.3 Å². The fraction of sp³-hybridized carbons (Fsp3) is 0.721. The minimum atomic E-state index is -1.63. The molecular formula is C43H66O12. The summed E-state index contributed by atoms with van der Waals surface area (Å²) in [4.78, 5) is 50.0. The molecule has 0 spiro atoms. The summed E-state index contributed by atoms with van der Waals surface area (Å²) in [6, 6.07) is 0. The molecule has 4 N–H and O–H groups in total. The van der Waals surface area contributed by atoms with E-state index in [1.165, 1.54) is 0 Å². The van der Waals surface area contributed by atoms with Gasteiger partial charge in [0.1, 0.15) is 31.0 Å². The number of ether oxygens (including phenoxy) is 4. The van der Waals surface area contributed by atoms with Gasteiger partial charge >= 0.3 is 11.9 Å². The highest BCUT2D eigenvalue weighted by Crippen LogP contribution is 2.32. The topological polar surface area (TPSA) is 186 Å². The number of aliphatic hydroxyl groups excluding tert-OH is 4. The van der Waals surface area contributed by atoms with Crippen LogP contribution in [0.4, 0.5) is 0 Å². The summed E-state index contributed by atoms with van der Waals surface area (Å²) in [5.74, 6) is -0.0779. The normalized spacial score (nSPS) is 28.5. The second kappa shape index (κ2) is 26.0. The molecule has 10 atom stereocenters. The Labute approximate surface area is 327 Å². The van der Waals surface area contributed by atoms with Crippen molar-refractivity contribution in [3.05, 3.63) is 48.6 Å². The van der Waals surface area contributed by atoms with E-state index < -0.39 is 55.4 Å². The van der Waals surface area contributed by atoms with E-state index in [4.69, 9.17) is 18.9 Å². The van der Waals surface area contributed by atoms with Gasteiger partial charge in [-0.2, -0.15) is 0 Å². The van der Waals surface area contributed by atoms with Crippen molar-refractivity contribution in [1.82, 2.24) is 0 Å². The maximum atomic E-state index is 12.9. The van der Waals surface area contributed by atoms with Crippen molar-refractivity contribution < 1.29 is 58.6 Å². The van der Waals surface area contributed by atoms with Crippen molar-refractivity contribution >= 4 is 23.5 Å². The van der Waals surface area contributed by atoms with E-state index >= 15 is 0 Å². The lowest BCUT2D eigenvalue weighted by molar-refractivity contribution is -0.305. The zero-order chi connectivity index (χ0) is 40.0. The molecule has 0 saturated carbocycles. The van der Waals surface area contributed by atoms with E-state index in [1.807, 2.05) is 12.2 Å². The molecule has 3 aliphatic rings. The number of esters is 2. The van der Waals surface area contributed by atoms with Gasteiger partial charge in [0, 0.05) is 24.7 Å². The molecule has 55 heavy (non-hydrogen) atoms. The number of carbonyl (C=O) groups is 4. The van der Waals surface area contributed by atoms with Crippen molar-refractivity contribution in [2.24, 2.45) is 23.7 Å². The Hall–Kier alpha value is -3.00. The van der Waals surface area contributed by atoms with Crippen LogP contribution in [0.25, 0.3) is 0 Å². The van der Waals surface area contributed by atoms with E-state index in [2.05, 4.69) is 38.2 Å². The molecule has 1 fully saturated rings. The predicted octanol–water partition coefficient (Wildman–Crippen LogP) is 5.39. The molecule has 12 nitrogen and oxygen atoms in total. The van der Waals surface area contributed by atoms with Crippen molar-refractivity contribution in [2.75, 3.05) is 19.8 Å². The summed E-state index contributed by atoms with van der Waals surface area (Å²) in [5, 5.41) is 40.1. The number of allylic oxidation sites excluding steroid dienone is 8. The van der Waals surface area contributed by atoms with Crippen molar-refractivity contribution in [2.45, 2.75) is 153 Å². The van der Waals surface area contributed by atoms with Crippen LogP contribution in [0.5, 0.6) is 0 Å². The van der Waals surface area contributed by atoms with Crippen molar-refractivity contribution in [3.63, 3.8) is 0 Å². The maximum absolute atomic E-state index is 12.9. The predicted molar refractivity (Wildman–Crippen MR) is 206 cm³/mol. The zero-order valence-corrected chi connectivity index (χ0v) is 32.9. The minimum Gasteiger partial charge on any atom is -0.462 e. The van der Waals surface area contributed by atoms with E-state index in [1.54, 1.807) is 12.2 Å². The van der Waals surface area contributed by atoms with Gasteiger partial charge in [0.25, 0.3) is 0 Å². The Balaban J connectivity index is 1.39. The molecule has 1 aliphatic heterocycles. The van der Waals surface area contributed by atoms with Gasteiger partial charge in [0.05, 0.1) is 13.2 Å². The van der Waals surface area contributed by atoms with Gasteiger partial charge in [-0.15, -0.1) is 0 Å². The standard InChI is InChI=1S/C43H66O12/c1-3-5-11-19-33-30(23-25-35(33)45)17-13-8-7-9-15-21-38(47)52-28-32(29-53-43-42(51)41(50)40(49)37(27-44)55-43)54-39(48)22-16-10-14-18-31-24-26-36(46)34(31)20-12-6-4-2/h5-6,11-12,23-26,30-34,37,40-44,49-51H,3-4,7-10,13-22,27-29H2,1-2H3. The fourth-order valence-electron chi connectivity index (χ4n) is 7.40. The van der Waals surface area contributed by atoms with Gasteiger partial charge in [0.15, 0.2) is 24.0 Å². The summed E-state index contributed by atoms with van der Waals surface area (Å²) in [6.07, 6.45) is 19.5. The number of carbonyl (C=O) groups excluding carboxylic acids is 4. The van der Waals surface area contributed by atoms with Gasteiger partial charge in [-0.3, -0.25) is 19.2 Å². The molecule has 1 saturated heterocycles. The first-order valence-corrected chi connectivity index (χ1v) is 20.6. The summed E-state index contributed by atoms with van der Waals surface area (Å²) in [6.45, 7) is 2.89. The molecule has 0 radical (unpaired) electrons. The number of unbranched alkanes of at least 4 members (excludes halogenated alkanes) is 6. The summed E-state index contributed by atoms with van der Waals surface area (Å²) >= 11 is 0. The van der Waals surface area contributed by atoms with Gasteiger partial charge in [0.2, 0.25) is 0 Å². The summed E-state index contributed by atoms with van der Waals surface area (Å²) in [7, 11) is 0. The maximum Gasteiger partial charge on any atom is 0.306 e. The first kappa shape index (κ1) is 46.4. The molecular weight excluding hydrogens is 708 g/mol. The molecule has 310 valence electrons. The van der Waals surface area contributed by atoms with Crippen molar-refractivity contribution in [1.29, 1.82) is 0 Å². The van der Waals surface area contributed by atoms with Crippen LogP contribution < -0.4 is 0 Å². The average Bonchev–Trinajstić information content (AvgIpc) is 3.71. The summed E-state index contributed by atoms with van der Waals surface area (Å²) in [5.41, 5.74) is 0. The molecule has 0 aromatic carbocycles. The molecule has 0 aromatic heterocycles. The van der Waals surface area contributed by atoms with Crippen LogP contribution in [0.2, 0.25) is 0 Å². The van der Waals surface area contributed by atoms with Crippen LogP contribution >= 0.6 is 0 Å². The van der Waals surface area contributed by atoms with Crippen LogP contribution in [-0.4, -0.2) is 101 Å². The van der Waals surface area contributed by atoms with E-state index in [0.29, 0.717) is 12.8 Å². The Morgan fingerprint density at radius 1 is 0.709 bits per heavy atom. The average molecular weight is 775 g/mol. The Morgan fingerprint density at radius 3 is 1.80 bits per heavy atom. The third-order valence-electron chi connectivity index (χ3n) is 10.7. The molecule has 10 unspecified atom stereocenters. The highest BCUT2D eigenvalue weighted by molar-refractivity contribution is 5.95. The van der Waals surface area contributed by atoms with Crippen LogP contribution in [0.1, 0.15) is 117 Å². The number of ketones is 2. The lowest BCUT2D eigenvalue weighted by atomic mass is 9.87. The third-order valence-corrected chi connectivity index (χ3v) is 10.7. The van der Waals surface area contributed by atoms with Gasteiger partial charge in [-0.1, -0.05) is 88.8 Å². The largest absolute Gasteiger partial charge is 0.462 e. The molecule has 0 bridgehead atoms. The smallest absolute Gasteiger partial charge is 0.306 e. The van der Waals surface area contributed by atoms with Crippen LogP contribution in [0.3, 0.4) is 0 Å². The molecule has 2 aliphatic carbocycles. The monoisotopic (exact) mass is 774 g/mol. The van der Waals surface area contributed by atoms with Crippen molar-refractivity contribution in [3.8, 4) is 0 Å². The molecule has 0 aromatic rings. The third kappa shape index (κ3) is 16.2. The van der Waals surface area contributed by atoms with E-state index in [0.717, 1.165) is 77.0 Å². The Bertz CT molecular complexity index is 1290. The number of rotatable bonds is 27. The molecule has 3 rings (SSSR count). The number of hydrogen-bond donors (Lipinski definition) is 4. The fourth-order valence-corrected chi connectivity index (χ4v) is 7.40. The Morgan fingerprint density at radius 2 is 1.24 bits per heavy atom. The van der Waals surface area contributed by atoms with Gasteiger partial charge in [-0.05, 0) is 75.4 Å². The van der Waals surface area contributed by atoms with Gasteiger partial charge in [-0.25, -0.2) is 0 Å². The minimum absolute atomic E-state index is 0.0236. The number of hydrogen-bond acceptors (Lipinski definition) is 12. The lowest BCUT2D eigenvalue weighted by Gasteiger charge is -2.39. The van der Waals surface area contributed by atoms with Crippen LogP contribution in [0, 0.1) is 23.7 Å². The zero-order valence-electron chi connectivity index (χ0n) is 32.9. The lowest BCUT2D eigenvalue weighted by Crippen LogP contribution is -2.59. The highest BCUT2D eigenvalue weighted by atomic mass is 16.7. The van der Waals surface area contributed by atoms with Crippen LogP contribution in [-0.2, 0) is 38.1 Å².